The maximum Gasteiger partial charge on any atom is 0.410 e. The molecule has 0 radical (unpaired) electrons. The number of ether oxygens (including phenoxy) is 3. The first kappa shape index (κ1) is 39.8. The Bertz CT molecular complexity index is 1590. The van der Waals surface area contributed by atoms with Gasteiger partial charge in [0.1, 0.15) is 30.3 Å². The second kappa shape index (κ2) is 18.0. The maximum atomic E-state index is 13.9. The number of piperidine rings is 2. The van der Waals surface area contributed by atoms with E-state index >= 15 is 0 Å². The molecule has 2 aliphatic heterocycles. The number of carbonyl (C=O) groups excluding carboxylic acids is 4. The number of nitrogens with zero attached hydrogens (tertiary/aromatic N) is 2. The number of amides is 2. The molecule has 0 aliphatic carbocycles. The van der Waals surface area contributed by atoms with Gasteiger partial charge in [0.25, 0.3) is 10.1 Å². The molecule has 2 aromatic carbocycles. The molecule has 0 saturated carbocycles. The van der Waals surface area contributed by atoms with E-state index in [1.54, 1.807) is 46.2 Å². The summed E-state index contributed by atoms with van der Waals surface area (Å²) in [5.41, 5.74) is 1.02. The Morgan fingerprint density at radius 1 is 0.882 bits per heavy atom. The Labute approximate surface area is 301 Å². The summed E-state index contributed by atoms with van der Waals surface area (Å²) in [7, 11) is -2.63. The molecule has 2 aliphatic rings. The fourth-order valence-electron chi connectivity index (χ4n) is 6.44. The second-order valence-electron chi connectivity index (χ2n) is 14.4. The summed E-state index contributed by atoms with van der Waals surface area (Å²) in [5, 5.41) is 0. The van der Waals surface area contributed by atoms with E-state index in [1.165, 1.54) is 19.2 Å². The summed E-state index contributed by atoms with van der Waals surface area (Å²) in [4.78, 5) is 55.6. The zero-order valence-electron chi connectivity index (χ0n) is 30.4. The summed E-state index contributed by atoms with van der Waals surface area (Å²) < 4.78 is 46.0. The monoisotopic (exact) mass is 728 g/mol. The van der Waals surface area contributed by atoms with Crippen molar-refractivity contribution in [3.63, 3.8) is 0 Å². The number of esters is 1. The quantitative estimate of drug-likeness (QED) is 0.136. The number of methoxy groups -OCH3 is 1. The molecule has 2 saturated heterocycles. The van der Waals surface area contributed by atoms with Gasteiger partial charge in [0, 0.05) is 38.5 Å². The van der Waals surface area contributed by atoms with E-state index in [0.717, 1.165) is 24.8 Å². The Morgan fingerprint density at radius 3 is 2.18 bits per heavy atom. The molecule has 2 fully saturated rings. The molecular formula is C38H52N2O10S. The third kappa shape index (κ3) is 12.1. The van der Waals surface area contributed by atoms with Crippen molar-refractivity contribution in [2.75, 3.05) is 46.5 Å². The number of ketones is 1. The van der Waals surface area contributed by atoms with Gasteiger partial charge in [0.15, 0.2) is 0 Å². The van der Waals surface area contributed by atoms with Gasteiger partial charge in [-0.2, -0.15) is 8.42 Å². The van der Waals surface area contributed by atoms with Crippen LogP contribution < -0.4 is 4.74 Å². The molecule has 51 heavy (non-hydrogen) atoms. The maximum absolute atomic E-state index is 13.9. The van der Waals surface area contributed by atoms with Crippen molar-refractivity contribution in [2.45, 2.75) is 89.1 Å². The molecule has 280 valence electrons. The largest absolute Gasteiger partial charge is 0.491 e. The van der Waals surface area contributed by atoms with Crippen LogP contribution in [-0.4, -0.2) is 94.1 Å². The predicted molar refractivity (Wildman–Crippen MR) is 190 cm³/mol. The van der Waals surface area contributed by atoms with Crippen LogP contribution in [0.15, 0.2) is 53.4 Å². The number of hydrogen-bond acceptors (Lipinski definition) is 10. The zero-order valence-corrected chi connectivity index (χ0v) is 31.2. The Balaban J connectivity index is 1.28. The number of Topliss-reactive ketones (excluding diaryl/α,β-unsaturated/α-hetero) is 1. The molecule has 2 atom stereocenters. The molecule has 2 heterocycles. The van der Waals surface area contributed by atoms with Crippen LogP contribution in [0.4, 0.5) is 4.79 Å². The molecule has 0 bridgehead atoms. The number of benzene rings is 2. The fourth-order valence-corrected chi connectivity index (χ4v) is 7.34. The number of hydrogen-bond donors (Lipinski definition) is 0. The summed E-state index contributed by atoms with van der Waals surface area (Å²) in [6, 6.07) is 13.1. The molecule has 13 heteroatoms. The van der Waals surface area contributed by atoms with Crippen molar-refractivity contribution in [3.8, 4) is 5.75 Å². The van der Waals surface area contributed by atoms with Crippen LogP contribution in [0.25, 0.3) is 0 Å². The minimum Gasteiger partial charge on any atom is -0.491 e. The average Bonchev–Trinajstić information content (AvgIpc) is 3.11. The highest BCUT2D eigenvalue weighted by molar-refractivity contribution is 7.86. The summed E-state index contributed by atoms with van der Waals surface area (Å²) >= 11 is 0. The van der Waals surface area contributed by atoms with Crippen LogP contribution in [0, 0.1) is 18.8 Å². The van der Waals surface area contributed by atoms with Crippen molar-refractivity contribution in [1.29, 1.82) is 0 Å². The smallest absolute Gasteiger partial charge is 0.410 e. The Hall–Kier alpha value is -3.97. The lowest BCUT2D eigenvalue weighted by atomic mass is 9.81. The average molecular weight is 729 g/mol. The summed E-state index contributed by atoms with van der Waals surface area (Å²) in [5.74, 6) is -1.00. The van der Waals surface area contributed by atoms with Gasteiger partial charge in [-0.25, -0.2) is 4.79 Å². The molecule has 0 N–H and O–H groups in total. The lowest BCUT2D eigenvalue weighted by Gasteiger charge is -2.35. The standard InChI is InChI=1S/C38H52N2O10S/c1-27-8-15-32(16-9-27)51(45,46)49-24-23-48-31-13-11-29(12-14-31)33(25-35(42)47-5)36(43)30-7-6-20-40(26-30)34(41)17-10-28-18-21-39(22-19-28)37(44)50-38(2,3)4/h8-9,11-16,28,30,33H,6-7,10,17-26H2,1-5H3/t30-,33?/m1/s1. The van der Waals surface area contributed by atoms with E-state index in [2.05, 4.69) is 0 Å². The van der Waals surface area contributed by atoms with Crippen LogP contribution in [0.2, 0.25) is 0 Å². The third-order valence-corrected chi connectivity index (χ3v) is 10.7. The van der Waals surface area contributed by atoms with E-state index in [9.17, 15) is 27.6 Å². The first-order valence-corrected chi connectivity index (χ1v) is 19.1. The molecule has 4 rings (SSSR count). The van der Waals surface area contributed by atoms with Crippen molar-refractivity contribution >= 4 is 33.9 Å². The van der Waals surface area contributed by atoms with Gasteiger partial charge in [-0.05, 0) is 95.5 Å². The molecule has 2 aromatic rings. The van der Waals surface area contributed by atoms with E-state index in [4.69, 9.17) is 18.4 Å². The highest BCUT2D eigenvalue weighted by atomic mass is 32.2. The van der Waals surface area contributed by atoms with Crippen molar-refractivity contribution < 1.29 is 46.0 Å². The third-order valence-electron chi connectivity index (χ3n) is 9.33. The zero-order chi connectivity index (χ0) is 37.2. The number of carbonyl (C=O) groups is 4. The predicted octanol–water partition coefficient (Wildman–Crippen LogP) is 5.66. The molecule has 2 amide bonds. The van der Waals surface area contributed by atoms with Crippen LogP contribution >= 0.6 is 0 Å². The lowest BCUT2D eigenvalue weighted by molar-refractivity contribution is -0.144. The molecule has 1 unspecified atom stereocenters. The van der Waals surface area contributed by atoms with E-state index in [0.29, 0.717) is 62.7 Å². The van der Waals surface area contributed by atoms with E-state index in [1.807, 2.05) is 27.7 Å². The van der Waals surface area contributed by atoms with Gasteiger partial charge >= 0.3 is 12.1 Å². The van der Waals surface area contributed by atoms with E-state index in [-0.39, 0.29) is 42.3 Å². The molecule has 0 spiro atoms. The number of aryl methyl sites for hydroxylation is 1. The van der Waals surface area contributed by atoms with Gasteiger partial charge < -0.3 is 24.0 Å². The van der Waals surface area contributed by atoms with Gasteiger partial charge in [0.2, 0.25) is 5.91 Å². The summed E-state index contributed by atoms with van der Waals surface area (Å²) in [6.07, 6.45) is 3.62. The van der Waals surface area contributed by atoms with Crippen LogP contribution in [0.1, 0.15) is 82.8 Å². The molecule has 12 nitrogen and oxygen atoms in total. The van der Waals surface area contributed by atoms with Crippen molar-refractivity contribution in [3.05, 3.63) is 59.7 Å². The van der Waals surface area contributed by atoms with Gasteiger partial charge in [-0.15, -0.1) is 0 Å². The number of rotatable bonds is 14. The van der Waals surface area contributed by atoms with Crippen LogP contribution in [-0.2, 0) is 38.2 Å². The van der Waals surface area contributed by atoms with Gasteiger partial charge in [-0.3, -0.25) is 18.6 Å². The highest BCUT2D eigenvalue weighted by Crippen LogP contribution is 2.31. The van der Waals surface area contributed by atoms with Crippen molar-refractivity contribution in [2.24, 2.45) is 11.8 Å². The Kier molecular flexibility index (Phi) is 14.0. The molecular weight excluding hydrogens is 676 g/mol. The minimum atomic E-state index is -3.91. The van der Waals surface area contributed by atoms with Crippen LogP contribution in [0.3, 0.4) is 0 Å². The topological polar surface area (TPSA) is 146 Å². The molecule has 0 aromatic heterocycles. The number of likely N-dealkylation sites (tertiary alicyclic amines) is 2. The first-order valence-electron chi connectivity index (χ1n) is 17.7. The summed E-state index contributed by atoms with van der Waals surface area (Å²) in [6.45, 7) is 9.30. The second-order valence-corrected chi connectivity index (χ2v) is 16.0. The highest BCUT2D eigenvalue weighted by Gasteiger charge is 2.35. The van der Waals surface area contributed by atoms with Gasteiger partial charge in [-0.1, -0.05) is 29.8 Å². The van der Waals surface area contributed by atoms with Crippen molar-refractivity contribution in [1.82, 2.24) is 9.80 Å². The Morgan fingerprint density at radius 2 is 1.55 bits per heavy atom. The minimum absolute atomic E-state index is 0.0173. The van der Waals surface area contributed by atoms with Crippen LogP contribution in [0.5, 0.6) is 5.75 Å². The SMILES string of the molecule is COC(=O)CC(C(=O)[C@@H]1CCCN(C(=O)CCC2CCN(C(=O)OC(C)(C)C)CC2)C1)c1ccc(OCCOS(=O)(=O)c2ccc(C)cc2)cc1. The first-order chi connectivity index (χ1) is 24.1. The lowest BCUT2D eigenvalue weighted by Crippen LogP contribution is -2.44. The normalized spacial score (nSPS) is 17.8. The fraction of sp³-hybridized carbons (Fsp3) is 0.579. The van der Waals surface area contributed by atoms with E-state index < -0.39 is 33.5 Å². The van der Waals surface area contributed by atoms with Gasteiger partial charge in [0.05, 0.1) is 24.3 Å².